The van der Waals surface area contributed by atoms with Crippen LogP contribution >= 0.6 is 0 Å². The minimum Gasteiger partial charge on any atom is -0.494 e. The second kappa shape index (κ2) is 5.41. The SMILES string of the molecule is COCc1cnc(C)c(OC)c1C[N+](=O)[O-]. The number of nitrogens with zero attached hydrogens (tertiary/aromatic N) is 2. The third-order valence-corrected chi connectivity index (χ3v) is 2.20. The maximum Gasteiger partial charge on any atom is 0.232 e. The Balaban J connectivity index is 3.22. The van der Waals surface area contributed by atoms with Crippen molar-refractivity contribution in [2.75, 3.05) is 14.2 Å². The van der Waals surface area contributed by atoms with Gasteiger partial charge < -0.3 is 9.47 Å². The van der Waals surface area contributed by atoms with Crippen molar-refractivity contribution in [1.82, 2.24) is 4.98 Å². The fraction of sp³-hybridized carbons (Fsp3) is 0.500. The summed E-state index contributed by atoms with van der Waals surface area (Å²) in [6.45, 7) is 1.75. The van der Waals surface area contributed by atoms with Gasteiger partial charge in [-0.2, -0.15) is 0 Å². The topological polar surface area (TPSA) is 74.5 Å². The first kappa shape index (κ1) is 12.4. The van der Waals surface area contributed by atoms with Crippen LogP contribution in [0.4, 0.5) is 0 Å². The molecule has 0 unspecified atom stereocenters. The molecule has 0 bridgehead atoms. The number of pyridine rings is 1. The average Bonchev–Trinajstić information content (AvgIpc) is 2.22. The van der Waals surface area contributed by atoms with Crippen molar-refractivity contribution in [2.24, 2.45) is 0 Å². The zero-order chi connectivity index (χ0) is 12.1. The van der Waals surface area contributed by atoms with Gasteiger partial charge in [0.25, 0.3) is 0 Å². The molecule has 0 aromatic carbocycles. The van der Waals surface area contributed by atoms with Gasteiger partial charge >= 0.3 is 0 Å². The van der Waals surface area contributed by atoms with Crippen LogP contribution in [0.25, 0.3) is 0 Å². The highest BCUT2D eigenvalue weighted by atomic mass is 16.6. The summed E-state index contributed by atoms with van der Waals surface area (Å²) in [6.07, 6.45) is 1.58. The second-order valence-electron chi connectivity index (χ2n) is 3.30. The summed E-state index contributed by atoms with van der Waals surface area (Å²) < 4.78 is 10.1. The standard InChI is InChI=1S/C10H14N2O4/c1-7-10(16-3)9(5-12(13)14)8(4-11-7)6-15-2/h4H,5-6H2,1-3H3. The third kappa shape index (κ3) is 2.66. The Kier molecular flexibility index (Phi) is 4.19. The maximum absolute atomic E-state index is 10.6. The predicted molar refractivity (Wildman–Crippen MR) is 56.9 cm³/mol. The van der Waals surface area contributed by atoms with E-state index in [1.807, 2.05) is 0 Å². The Morgan fingerprint density at radius 1 is 1.50 bits per heavy atom. The molecular formula is C10H14N2O4. The minimum absolute atomic E-state index is 0.285. The lowest BCUT2D eigenvalue weighted by molar-refractivity contribution is -0.497. The van der Waals surface area contributed by atoms with Crippen molar-refractivity contribution in [1.29, 1.82) is 0 Å². The largest absolute Gasteiger partial charge is 0.494 e. The summed E-state index contributed by atoms with van der Waals surface area (Å²) in [4.78, 5) is 14.3. The average molecular weight is 226 g/mol. The molecule has 6 heteroatoms. The van der Waals surface area contributed by atoms with Crippen LogP contribution in [-0.4, -0.2) is 24.1 Å². The van der Waals surface area contributed by atoms with Gasteiger partial charge in [-0.15, -0.1) is 0 Å². The molecule has 0 saturated heterocycles. The maximum atomic E-state index is 10.6. The van der Waals surface area contributed by atoms with Gasteiger partial charge in [-0.3, -0.25) is 15.1 Å². The van der Waals surface area contributed by atoms with E-state index < -0.39 is 4.92 Å². The van der Waals surface area contributed by atoms with Gasteiger partial charge in [-0.1, -0.05) is 0 Å². The van der Waals surface area contributed by atoms with E-state index in [4.69, 9.17) is 9.47 Å². The molecule has 0 atom stereocenters. The molecule has 1 rings (SSSR count). The van der Waals surface area contributed by atoms with E-state index in [1.54, 1.807) is 13.1 Å². The van der Waals surface area contributed by atoms with Crippen molar-refractivity contribution in [3.63, 3.8) is 0 Å². The van der Waals surface area contributed by atoms with Crippen molar-refractivity contribution >= 4 is 0 Å². The van der Waals surface area contributed by atoms with E-state index in [0.717, 1.165) is 0 Å². The Morgan fingerprint density at radius 3 is 2.69 bits per heavy atom. The fourth-order valence-electron chi connectivity index (χ4n) is 1.53. The van der Waals surface area contributed by atoms with Crippen molar-refractivity contribution < 1.29 is 14.4 Å². The van der Waals surface area contributed by atoms with Gasteiger partial charge in [0.1, 0.15) is 5.75 Å². The molecule has 0 N–H and O–H groups in total. The molecule has 6 nitrogen and oxygen atoms in total. The van der Waals surface area contributed by atoms with E-state index in [2.05, 4.69) is 4.98 Å². The van der Waals surface area contributed by atoms with Gasteiger partial charge in [0.2, 0.25) is 6.54 Å². The first-order chi connectivity index (χ1) is 7.60. The Labute approximate surface area is 93.4 Å². The molecule has 1 heterocycles. The summed E-state index contributed by atoms with van der Waals surface area (Å²) in [7, 11) is 3.01. The third-order valence-electron chi connectivity index (χ3n) is 2.20. The Bertz CT molecular complexity index is 393. The highest BCUT2D eigenvalue weighted by molar-refractivity contribution is 5.41. The molecule has 0 aliphatic rings. The lowest BCUT2D eigenvalue weighted by Crippen LogP contribution is -2.08. The molecule has 0 aliphatic carbocycles. The van der Waals surface area contributed by atoms with Gasteiger partial charge in [-0.25, -0.2) is 0 Å². The number of hydrogen-bond acceptors (Lipinski definition) is 5. The van der Waals surface area contributed by atoms with Gasteiger partial charge in [0, 0.05) is 23.8 Å². The van der Waals surface area contributed by atoms with Crippen molar-refractivity contribution in [2.45, 2.75) is 20.1 Å². The number of aryl methyl sites for hydroxylation is 1. The first-order valence-corrected chi connectivity index (χ1v) is 4.72. The molecule has 0 aliphatic heterocycles. The molecule has 0 saturated carbocycles. The first-order valence-electron chi connectivity index (χ1n) is 4.72. The smallest absolute Gasteiger partial charge is 0.232 e. The minimum atomic E-state index is -0.392. The summed E-state index contributed by atoms with van der Waals surface area (Å²) in [5, 5.41) is 10.6. The van der Waals surface area contributed by atoms with Crippen LogP contribution in [0.1, 0.15) is 16.8 Å². The molecule has 0 amide bonds. The van der Waals surface area contributed by atoms with Gasteiger partial charge in [-0.05, 0) is 6.92 Å². The van der Waals surface area contributed by atoms with Crippen LogP contribution in [0, 0.1) is 17.0 Å². The van der Waals surface area contributed by atoms with Crippen molar-refractivity contribution in [3.8, 4) is 5.75 Å². The second-order valence-corrected chi connectivity index (χ2v) is 3.30. The number of nitro groups is 1. The normalized spacial score (nSPS) is 10.2. The predicted octanol–water partition coefficient (Wildman–Crippen LogP) is 1.32. The summed E-state index contributed by atoms with van der Waals surface area (Å²) in [5.41, 5.74) is 1.85. The lowest BCUT2D eigenvalue weighted by Gasteiger charge is -2.12. The van der Waals surface area contributed by atoms with Gasteiger partial charge in [0.05, 0.1) is 25.0 Å². The van der Waals surface area contributed by atoms with Crippen LogP contribution < -0.4 is 4.74 Å². The molecule has 0 radical (unpaired) electrons. The number of rotatable bonds is 5. The summed E-state index contributed by atoms with van der Waals surface area (Å²) in [6, 6.07) is 0. The Hall–Kier alpha value is -1.69. The summed E-state index contributed by atoms with van der Waals surface area (Å²) in [5.74, 6) is 0.464. The Morgan fingerprint density at radius 2 is 2.19 bits per heavy atom. The van der Waals surface area contributed by atoms with Crippen molar-refractivity contribution in [3.05, 3.63) is 33.1 Å². The number of hydrogen-bond donors (Lipinski definition) is 0. The molecule has 88 valence electrons. The van der Waals surface area contributed by atoms with Crippen LogP contribution in [-0.2, 0) is 17.9 Å². The number of methoxy groups -OCH3 is 2. The van der Waals surface area contributed by atoms with E-state index in [-0.39, 0.29) is 13.2 Å². The van der Waals surface area contributed by atoms with E-state index >= 15 is 0 Å². The zero-order valence-electron chi connectivity index (χ0n) is 9.52. The van der Waals surface area contributed by atoms with E-state index in [9.17, 15) is 10.1 Å². The van der Waals surface area contributed by atoms with Crippen LogP contribution in [0.2, 0.25) is 0 Å². The summed E-state index contributed by atoms with van der Waals surface area (Å²) >= 11 is 0. The molecule has 16 heavy (non-hydrogen) atoms. The highest BCUT2D eigenvalue weighted by Crippen LogP contribution is 2.26. The number of ether oxygens (including phenoxy) is 2. The molecule has 0 fully saturated rings. The fourth-order valence-corrected chi connectivity index (χ4v) is 1.53. The molecule has 0 spiro atoms. The number of aromatic nitrogens is 1. The monoisotopic (exact) mass is 226 g/mol. The molecule has 1 aromatic heterocycles. The molecular weight excluding hydrogens is 212 g/mol. The zero-order valence-corrected chi connectivity index (χ0v) is 9.52. The van der Waals surface area contributed by atoms with E-state index in [0.29, 0.717) is 22.6 Å². The molecule has 1 aromatic rings. The quantitative estimate of drug-likeness (QED) is 0.559. The lowest BCUT2D eigenvalue weighted by atomic mass is 10.1. The highest BCUT2D eigenvalue weighted by Gasteiger charge is 2.17. The van der Waals surface area contributed by atoms with Crippen LogP contribution in [0.5, 0.6) is 5.75 Å². The van der Waals surface area contributed by atoms with Gasteiger partial charge in [0.15, 0.2) is 0 Å². The van der Waals surface area contributed by atoms with Crippen LogP contribution in [0.3, 0.4) is 0 Å². The van der Waals surface area contributed by atoms with Crippen LogP contribution in [0.15, 0.2) is 6.20 Å². The van der Waals surface area contributed by atoms with E-state index in [1.165, 1.54) is 14.2 Å².